The molecule has 0 bridgehead atoms. The second kappa shape index (κ2) is 3.29. The van der Waals surface area contributed by atoms with Gasteiger partial charge in [-0.25, -0.2) is 0 Å². The van der Waals surface area contributed by atoms with Crippen molar-refractivity contribution in [2.24, 2.45) is 5.92 Å². The summed E-state index contributed by atoms with van der Waals surface area (Å²) in [7, 11) is 0. The Morgan fingerprint density at radius 1 is 1.69 bits per heavy atom. The molecule has 2 saturated heterocycles. The Hall–Kier alpha value is -0.570. The molecule has 0 aliphatic carbocycles. The van der Waals surface area contributed by atoms with Gasteiger partial charge < -0.3 is 10.1 Å². The summed E-state index contributed by atoms with van der Waals surface area (Å²) in [6.07, 6.45) is 3.93. The first-order valence-electron chi connectivity index (χ1n) is 5.07. The van der Waals surface area contributed by atoms with Crippen molar-refractivity contribution in [3.63, 3.8) is 0 Å². The van der Waals surface area contributed by atoms with Crippen LogP contribution < -0.4 is 5.32 Å². The van der Waals surface area contributed by atoms with Gasteiger partial charge in [0.15, 0.2) is 0 Å². The molecule has 2 aliphatic rings. The highest BCUT2D eigenvalue weighted by molar-refractivity contribution is 5.79. The highest BCUT2D eigenvalue weighted by Gasteiger charge is 2.35. The van der Waals surface area contributed by atoms with Gasteiger partial charge in [0.05, 0.1) is 0 Å². The van der Waals surface area contributed by atoms with E-state index in [1.165, 1.54) is 0 Å². The summed E-state index contributed by atoms with van der Waals surface area (Å²) in [6.45, 7) is 3.93. The summed E-state index contributed by atoms with van der Waals surface area (Å²) in [5.41, 5.74) is 0.0510. The number of carbonyl (C=O) groups excluding carboxylic acids is 1. The maximum atomic E-state index is 11.1. The number of ether oxygens (including phenoxy) is 1. The average molecular weight is 183 g/mol. The molecule has 0 radical (unpaired) electrons. The number of amides is 1. The zero-order chi connectivity index (χ0) is 9.31. The molecule has 2 aliphatic heterocycles. The normalized spacial score (nSPS) is 39.5. The summed E-state index contributed by atoms with van der Waals surface area (Å²) in [5, 5.41) is 3.06. The fraction of sp³-hybridized carbons (Fsp3) is 0.900. The van der Waals surface area contributed by atoms with Gasteiger partial charge >= 0.3 is 0 Å². The molecule has 2 heterocycles. The quantitative estimate of drug-likeness (QED) is 0.695. The van der Waals surface area contributed by atoms with Crippen LogP contribution in [0.15, 0.2) is 0 Å². The molecule has 3 heteroatoms. The van der Waals surface area contributed by atoms with Gasteiger partial charge in [0.2, 0.25) is 5.91 Å². The molecule has 74 valence electrons. The van der Waals surface area contributed by atoms with E-state index in [4.69, 9.17) is 4.74 Å². The number of hydrogen-bond acceptors (Lipinski definition) is 2. The average Bonchev–Trinajstić information content (AvgIpc) is 2.62. The van der Waals surface area contributed by atoms with Crippen molar-refractivity contribution in [1.82, 2.24) is 5.32 Å². The van der Waals surface area contributed by atoms with E-state index in [1.807, 2.05) is 0 Å². The molecule has 1 amide bonds. The minimum Gasteiger partial charge on any atom is -0.381 e. The fourth-order valence-electron chi connectivity index (χ4n) is 2.39. The third-order valence-corrected chi connectivity index (χ3v) is 3.11. The van der Waals surface area contributed by atoms with Crippen LogP contribution in [-0.4, -0.2) is 24.7 Å². The lowest BCUT2D eigenvalue weighted by Crippen LogP contribution is -2.40. The number of rotatable bonds is 2. The number of hydrogen-bond donors (Lipinski definition) is 1. The largest absolute Gasteiger partial charge is 0.381 e. The Labute approximate surface area is 78.8 Å². The third-order valence-electron chi connectivity index (χ3n) is 3.11. The van der Waals surface area contributed by atoms with Crippen molar-refractivity contribution in [1.29, 1.82) is 0 Å². The molecule has 0 aromatic carbocycles. The molecule has 1 N–H and O–H groups in total. The molecule has 0 aromatic heterocycles. The fourth-order valence-corrected chi connectivity index (χ4v) is 2.39. The maximum Gasteiger partial charge on any atom is 0.220 e. The summed E-state index contributed by atoms with van der Waals surface area (Å²) in [6, 6.07) is 0. The van der Waals surface area contributed by atoms with E-state index >= 15 is 0 Å². The Morgan fingerprint density at radius 3 is 3.08 bits per heavy atom. The predicted octanol–water partition coefficient (Wildman–Crippen LogP) is 1.08. The molecule has 2 rings (SSSR count). The molecule has 0 aromatic rings. The molecule has 2 fully saturated rings. The Balaban J connectivity index is 1.88. The van der Waals surface area contributed by atoms with Crippen molar-refractivity contribution >= 4 is 5.91 Å². The Bertz CT molecular complexity index is 211. The molecule has 2 unspecified atom stereocenters. The van der Waals surface area contributed by atoms with E-state index in [9.17, 15) is 4.79 Å². The number of nitrogens with one attached hydrogen (secondary N) is 1. The van der Waals surface area contributed by atoms with Crippen molar-refractivity contribution in [2.75, 3.05) is 13.2 Å². The van der Waals surface area contributed by atoms with Crippen molar-refractivity contribution < 1.29 is 9.53 Å². The smallest absolute Gasteiger partial charge is 0.220 e. The standard InChI is InChI=1S/C10H17NO2/c1-10(4-2-9(12)11-10)6-8-3-5-13-7-8/h8H,2-7H2,1H3,(H,11,12). The summed E-state index contributed by atoms with van der Waals surface area (Å²) >= 11 is 0. The second-order valence-electron chi connectivity index (χ2n) is 4.54. The molecule has 3 nitrogen and oxygen atoms in total. The van der Waals surface area contributed by atoms with Gasteiger partial charge in [0.1, 0.15) is 0 Å². The first-order chi connectivity index (χ1) is 6.18. The highest BCUT2D eigenvalue weighted by Crippen LogP contribution is 2.30. The predicted molar refractivity (Wildman–Crippen MR) is 49.3 cm³/mol. The minimum absolute atomic E-state index is 0.0510. The van der Waals surface area contributed by atoms with Crippen LogP contribution in [0.4, 0.5) is 0 Å². The van der Waals surface area contributed by atoms with Gasteiger partial charge in [-0.3, -0.25) is 4.79 Å². The van der Waals surface area contributed by atoms with Gasteiger partial charge in [-0.1, -0.05) is 0 Å². The summed E-state index contributed by atoms with van der Waals surface area (Å²) < 4.78 is 5.33. The lowest BCUT2D eigenvalue weighted by molar-refractivity contribution is -0.119. The SMILES string of the molecule is CC1(CC2CCOC2)CCC(=O)N1. The van der Waals surface area contributed by atoms with Gasteiger partial charge in [-0.2, -0.15) is 0 Å². The van der Waals surface area contributed by atoms with Crippen molar-refractivity contribution in [2.45, 2.75) is 38.1 Å². The monoisotopic (exact) mass is 183 g/mol. The Morgan fingerprint density at radius 2 is 2.54 bits per heavy atom. The topological polar surface area (TPSA) is 38.3 Å². The van der Waals surface area contributed by atoms with Crippen LogP contribution in [0.25, 0.3) is 0 Å². The van der Waals surface area contributed by atoms with Crippen molar-refractivity contribution in [3.8, 4) is 0 Å². The van der Waals surface area contributed by atoms with Crippen molar-refractivity contribution in [3.05, 3.63) is 0 Å². The maximum absolute atomic E-state index is 11.1. The molecular formula is C10H17NO2. The van der Waals surface area contributed by atoms with E-state index in [-0.39, 0.29) is 11.4 Å². The van der Waals surface area contributed by atoms with Crippen LogP contribution in [0.5, 0.6) is 0 Å². The zero-order valence-electron chi connectivity index (χ0n) is 8.14. The Kier molecular flexibility index (Phi) is 2.28. The zero-order valence-corrected chi connectivity index (χ0v) is 8.14. The first kappa shape index (κ1) is 9.00. The van der Waals surface area contributed by atoms with Gasteiger partial charge in [0, 0.05) is 25.2 Å². The van der Waals surface area contributed by atoms with Crippen LogP contribution >= 0.6 is 0 Å². The lowest BCUT2D eigenvalue weighted by atomic mass is 9.87. The molecule has 2 atom stereocenters. The highest BCUT2D eigenvalue weighted by atomic mass is 16.5. The van der Waals surface area contributed by atoms with E-state index < -0.39 is 0 Å². The van der Waals surface area contributed by atoms with Gasteiger partial charge in [-0.05, 0) is 32.1 Å². The lowest BCUT2D eigenvalue weighted by Gasteiger charge is -2.26. The summed E-state index contributed by atoms with van der Waals surface area (Å²) in [5.74, 6) is 0.866. The van der Waals surface area contributed by atoms with E-state index in [0.29, 0.717) is 12.3 Å². The van der Waals surface area contributed by atoms with Crippen LogP contribution in [0.3, 0.4) is 0 Å². The molecule has 0 saturated carbocycles. The third kappa shape index (κ3) is 2.02. The molecule has 0 spiro atoms. The van der Waals surface area contributed by atoms with Gasteiger partial charge in [-0.15, -0.1) is 0 Å². The second-order valence-corrected chi connectivity index (χ2v) is 4.54. The van der Waals surface area contributed by atoms with Crippen LogP contribution in [0, 0.1) is 5.92 Å². The number of carbonyl (C=O) groups is 1. The van der Waals surface area contributed by atoms with E-state index in [2.05, 4.69) is 12.2 Å². The van der Waals surface area contributed by atoms with Crippen LogP contribution in [0.2, 0.25) is 0 Å². The molecular weight excluding hydrogens is 166 g/mol. The van der Waals surface area contributed by atoms with E-state index in [0.717, 1.165) is 32.5 Å². The molecule has 13 heavy (non-hydrogen) atoms. The minimum atomic E-state index is 0.0510. The summed E-state index contributed by atoms with van der Waals surface area (Å²) in [4.78, 5) is 11.1. The van der Waals surface area contributed by atoms with E-state index in [1.54, 1.807) is 0 Å². The van der Waals surface area contributed by atoms with Gasteiger partial charge in [0.25, 0.3) is 0 Å². The van der Waals surface area contributed by atoms with Crippen LogP contribution in [0.1, 0.15) is 32.6 Å². The van der Waals surface area contributed by atoms with Crippen LogP contribution in [-0.2, 0) is 9.53 Å². The first-order valence-corrected chi connectivity index (χ1v) is 5.07.